The lowest BCUT2D eigenvalue weighted by Gasteiger charge is -2.32. The molecule has 0 bridgehead atoms. The number of sulfonamides is 1. The van der Waals surface area contributed by atoms with Crippen LogP contribution in [0.25, 0.3) is 0 Å². The van der Waals surface area contributed by atoms with Crippen molar-refractivity contribution in [2.75, 3.05) is 24.0 Å². The lowest BCUT2D eigenvalue weighted by Crippen LogP contribution is -2.51. The number of unbranched alkanes of at least 4 members (excludes halogenated alkanes) is 1. The van der Waals surface area contributed by atoms with Crippen molar-refractivity contribution in [1.82, 2.24) is 10.2 Å². The number of hydrogen-bond acceptors (Lipinski definition) is 5. The molecule has 1 atom stereocenters. The minimum Gasteiger partial charge on any atom is -0.492 e. The van der Waals surface area contributed by atoms with Crippen LogP contribution in [0.3, 0.4) is 0 Å². The van der Waals surface area contributed by atoms with E-state index in [1.165, 1.54) is 17.0 Å². The van der Waals surface area contributed by atoms with Gasteiger partial charge in [-0.1, -0.05) is 66.9 Å². The molecule has 0 saturated carbocycles. The Balaban J connectivity index is 2.05. The molecule has 0 aliphatic carbocycles. The summed E-state index contributed by atoms with van der Waals surface area (Å²) in [4.78, 5) is 28.6. The van der Waals surface area contributed by atoms with Gasteiger partial charge in [-0.25, -0.2) is 8.42 Å². The van der Waals surface area contributed by atoms with Crippen LogP contribution in [0.5, 0.6) is 5.75 Å². The van der Waals surface area contributed by atoms with Crippen molar-refractivity contribution >= 4 is 39.1 Å². The summed E-state index contributed by atoms with van der Waals surface area (Å²) in [6.07, 6.45) is 1.71. The van der Waals surface area contributed by atoms with E-state index in [0.29, 0.717) is 29.5 Å². The molecule has 2 amide bonds. The van der Waals surface area contributed by atoms with Gasteiger partial charge < -0.3 is 15.0 Å². The zero-order chi connectivity index (χ0) is 30.0. The molecule has 0 aliphatic rings. The Morgan fingerprint density at radius 3 is 2.37 bits per heavy atom. The highest BCUT2D eigenvalue weighted by atomic mass is 35.5. The number of para-hydroxylation sites is 2. The molecule has 3 aromatic rings. The zero-order valence-electron chi connectivity index (χ0n) is 24.0. The van der Waals surface area contributed by atoms with Crippen LogP contribution in [0.2, 0.25) is 5.02 Å². The van der Waals surface area contributed by atoms with E-state index in [9.17, 15) is 18.0 Å². The number of amides is 2. The second-order valence-corrected chi connectivity index (χ2v) is 12.0. The predicted molar refractivity (Wildman–Crippen MR) is 163 cm³/mol. The van der Waals surface area contributed by atoms with Crippen molar-refractivity contribution < 1.29 is 22.7 Å². The second kappa shape index (κ2) is 14.9. The summed E-state index contributed by atoms with van der Waals surface area (Å²) in [5.74, 6) is -0.549. The molecule has 8 nitrogen and oxygen atoms in total. The standard InChI is InChI=1S/C31H38ClN3O5S/c1-5-7-19-33-31(37)24(4)34(21-25-11-10-12-26(32)20-25)30(36)22-35(28-13-8-9-14-29(28)40-6-2)41(38,39)27-17-15-23(3)16-18-27/h8-18,20,24H,5-7,19,21-22H2,1-4H3,(H,33,37)/t24-/m1/s1. The van der Waals surface area contributed by atoms with E-state index < -0.39 is 28.5 Å². The van der Waals surface area contributed by atoms with E-state index in [1.54, 1.807) is 74.5 Å². The Bertz CT molecular complexity index is 1430. The van der Waals surface area contributed by atoms with Crippen LogP contribution in [-0.2, 0) is 26.2 Å². The maximum Gasteiger partial charge on any atom is 0.264 e. The van der Waals surface area contributed by atoms with Gasteiger partial charge in [-0.15, -0.1) is 0 Å². The van der Waals surface area contributed by atoms with Gasteiger partial charge in [0.25, 0.3) is 10.0 Å². The van der Waals surface area contributed by atoms with Crippen LogP contribution in [0, 0.1) is 6.92 Å². The Labute approximate surface area is 248 Å². The molecule has 0 fully saturated rings. The maximum absolute atomic E-state index is 14.1. The van der Waals surface area contributed by atoms with Crippen LogP contribution in [0.15, 0.2) is 77.7 Å². The SMILES string of the molecule is CCCCNC(=O)[C@@H](C)N(Cc1cccc(Cl)c1)C(=O)CN(c1ccccc1OCC)S(=O)(=O)c1ccc(C)cc1. The van der Waals surface area contributed by atoms with Crippen molar-refractivity contribution in [2.45, 2.75) is 58.0 Å². The number of anilines is 1. The van der Waals surface area contributed by atoms with Crippen LogP contribution in [-0.4, -0.2) is 50.9 Å². The molecule has 3 aromatic carbocycles. The summed E-state index contributed by atoms with van der Waals surface area (Å²) < 4.78 is 34.9. The van der Waals surface area contributed by atoms with Crippen molar-refractivity contribution in [3.8, 4) is 5.75 Å². The normalized spacial score (nSPS) is 11.9. The van der Waals surface area contributed by atoms with Gasteiger partial charge in [0.05, 0.1) is 17.2 Å². The minimum atomic E-state index is -4.20. The molecular weight excluding hydrogens is 562 g/mol. The van der Waals surface area contributed by atoms with E-state index in [0.717, 1.165) is 22.7 Å². The highest BCUT2D eigenvalue weighted by Crippen LogP contribution is 2.33. The van der Waals surface area contributed by atoms with Crippen LogP contribution in [0.1, 0.15) is 44.7 Å². The largest absolute Gasteiger partial charge is 0.492 e. The predicted octanol–water partition coefficient (Wildman–Crippen LogP) is 5.58. The third kappa shape index (κ3) is 8.47. The van der Waals surface area contributed by atoms with Crippen molar-refractivity contribution in [3.05, 3.63) is 88.9 Å². The number of halogens is 1. The Morgan fingerprint density at radius 1 is 1.00 bits per heavy atom. The topological polar surface area (TPSA) is 96.0 Å². The lowest BCUT2D eigenvalue weighted by molar-refractivity contribution is -0.139. The van der Waals surface area contributed by atoms with Gasteiger partial charge in [-0.05, 0) is 69.2 Å². The first kappa shape index (κ1) is 32.0. The monoisotopic (exact) mass is 599 g/mol. The third-order valence-corrected chi connectivity index (χ3v) is 8.57. The molecule has 0 spiro atoms. The van der Waals surface area contributed by atoms with Crippen molar-refractivity contribution in [3.63, 3.8) is 0 Å². The van der Waals surface area contributed by atoms with Gasteiger partial charge in [0.1, 0.15) is 18.3 Å². The van der Waals surface area contributed by atoms with E-state index in [2.05, 4.69) is 5.32 Å². The lowest BCUT2D eigenvalue weighted by atomic mass is 10.1. The molecule has 10 heteroatoms. The fraction of sp³-hybridized carbons (Fsp3) is 0.355. The molecule has 41 heavy (non-hydrogen) atoms. The number of benzene rings is 3. The van der Waals surface area contributed by atoms with Gasteiger partial charge in [-0.2, -0.15) is 0 Å². The fourth-order valence-corrected chi connectivity index (χ4v) is 5.88. The van der Waals surface area contributed by atoms with E-state index >= 15 is 0 Å². The first-order valence-electron chi connectivity index (χ1n) is 13.7. The summed E-state index contributed by atoms with van der Waals surface area (Å²) >= 11 is 6.20. The van der Waals surface area contributed by atoms with Crippen molar-refractivity contribution in [2.24, 2.45) is 0 Å². The quantitative estimate of drug-likeness (QED) is 0.244. The van der Waals surface area contributed by atoms with Crippen LogP contribution in [0.4, 0.5) is 5.69 Å². The fourth-order valence-electron chi connectivity index (χ4n) is 4.24. The molecule has 1 N–H and O–H groups in total. The van der Waals surface area contributed by atoms with E-state index in [1.807, 2.05) is 13.8 Å². The number of carbonyl (C=O) groups excluding carboxylic acids is 2. The first-order chi connectivity index (χ1) is 19.6. The molecule has 0 radical (unpaired) electrons. The second-order valence-electron chi connectivity index (χ2n) is 9.70. The number of nitrogens with zero attached hydrogens (tertiary/aromatic N) is 2. The van der Waals surface area contributed by atoms with Gasteiger partial charge >= 0.3 is 0 Å². The Morgan fingerprint density at radius 2 is 1.71 bits per heavy atom. The Kier molecular flexibility index (Phi) is 11.6. The third-order valence-electron chi connectivity index (χ3n) is 6.56. The summed E-state index contributed by atoms with van der Waals surface area (Å²) in [7, 11) is -4.20. The molecule has 0 aliphatic heterocycles. The van der Waals surface area contributed by atoms with Gasteiger partial charge in [-0.3, -0.25) is 13.9 Å². The van der Waals surface area contributed by atoms with Crippen LogP contribution < -0.4 is 14.4 Å². The molecular formula is C31H38ClN3O5S. The van der Waals surface area contributed by atoms with Gasteiger partial charge in [0, 0.05) is 18.1 Å². The summed E-state index contributed by atoms with van der Waals surface area (Å²) in [6.45, 7) is 7.62. The average molecular weight is 600 g/mol. The molecule has 220 valence electrons. The highest BCUT2D eigenvalue weighted by Gasteiger charge is 2.33. The molecule has 0 heterocycles. The van der Waals surface area contributed by atoms with E-state index in [-0.39, 0.29) is 23.0 Å². The van der Waals surface area contributed by atoms with Crippen LogP contribution >= 0.6 is 11.6 Å². The highest BCUT2D eigenvalue weighted by molar-refractivity contribution is 7.92. The number of carbonyl (C=O) groups is 2. The molecule has 0 aromatic heterocycles. The average Bonchev–Trinajstić information content (AvgIpc) is 2.95. The minimum absolute atomic E-state index is 0.0361. The Hall–Kier alpha value is -3.56. The van der Waals surface area contributed by atoms with Gasteiger partial charge in [0.15, 0.2) is 0 Å². The maximum atomic E-state index is 14.1. The molecule has 3 rings (SSSR count). The number of ether oxygens (including phenoxy) is 1. The summed E-state index contributed by atoms with van der Waals surface area (Å²) in [5.41, 5.74) is 1.84. The van der Waals surface area contributed by atoms with Crippen molar-refractivity contribution in [1.29, 1.82) is 0 Å². The van der Waals surface area contributed by atoms with Gasteiger partial charge in [0.2, 0.25) is 11.8 Å². The number of aryl methyl sites for hydroxylation is 1. The number of rotatable bonds is 14. The van der Waals surface area contributed by atoms with E-state index in [4.69, 9.17) is 16.3 Å². The number of hydrogen-bond donors (Lipinski definition) is 1. The molecule has 0 saturated heterocycles. The zero-order valence-corrected chi connectivity index (χ0v) is 25.5. The molecule has 0 unspecified atom stereocenters. The first-order valence-corrected chi connectivity index (χ1v) is 15.5. The smallest absolute Gasteiger partial charge is 0.264 e. The number of nitrogens with one attached hydrogen (secondary N) is 1. The summed E-state index contributed by atoms with van der Waals surface area (Å²) in [5, 5.41) is 3.37. The summed E-state index contributed by atoms with van der Waals surface area (Å²) in [6, 6.07) is 19.3.